The van der Waals surface area contributed by atoms with Gasteiger partial charge in [0.1, 0.15) is 35.4 Å². The van der Waals surface area contributed by atoms with Crippen LogP contribution >= 0.6 is 0 Å². The molecule has 0 aromatic heterocycles. The van der Waals surface area contributed by atoms with E-state index < -0.39 is 11.2 Å². The van der Waals surface area contributed by atoms with Crippen molar-refractivity contribution in [2.45, 2.75) is 44.5 Å². The number of benzene rings is 9. The number of hydrogen-bond donors (Lipinski definition) is 2. The summed E-state index contributed by atoms with van der Waals surface area (Å²) in [4.78, 5) is 4.84. The molecule has 13 rings (SSSR count). The number of hydrogen-bond acceptors (Lipinski definition) is 10. The van der Waals surface area contributed by atoms with Crippen LogP contribution in [0.2, 0.25) is 0 Å². The van der Waals surface area contributed by atoms with Crippen molar-refractivity contribution in [2.24, 2.45) is 0 Å². The summed E-state index contributed by atoms with van der Waals surface area (Å²) in [6.45, 7) is 9.48. The third kappa shape index (κ3) is 10.6. The Morgan fingerprint density at radius 2 is 1.06 bits per heavy atom. The van der Waals surface area contributed by atoms with Gasteiger partial charge >= 0.3 is 0 Å². The summed E-state index contributed by atoms with van der Waals surface area (Å²) in [5.41, 5.74) is 9.67. The van der Waals surface area contributed by atoms with Crippen LogP contribution in [0.5, 0.6) is 28.7 Å². The van der Waals surface area contributed by atoms with E-state index in [1.54, 1.807) is 14.2 Å². The molecule has 10 nitrogen and oxygen atoms in total. The monoisotopic (exact) mass is 1080 g/mol. The highest BCUT2D eigenvalue weighted by molar-refractivity contribution is 6.06. The van der Waals surface area contributed by atoms with Gasteiger partial charge in [-0.15, -0.1) is 0 Å². The molecule has 10 heteroatoms. The van der Waals surface area contributed by atoms with Crippen LogP contribution in [0.25, 0.3) is 44.8 Å². The third-order valence-electron chi connectivity index (χ3n) is 15.8. The van der Waals surface area contributed by atoms with E-state index in [-0.39, 0.29) is 19.8 Å². The smallest absolute Gasteiger partial charge is 0.178 e. The summed E-state index contributed by atoms with van der Waals surface area (Å²) in [5, 5.41) is 24.3. The Morgan fingerprint density at radius 3 is 1.68 bits per heavy atom. The summed E-state index contributed by atoms with van der Waals surface area (Å²) in [6.07, 6.45) is 11.1. The van der Waals surface area contributed by atoms with E-state index in [1.807, 2.05) is 98.8 Å². The molecule has 2 atom stereocenters. The molecule has 0 saturated carbocycles. The second kappa shape index (κ2) is 24.4. The van der Waals surface area contributed by atoms with Crippen molar-refractivity contribution >= 4 is 45.1 Å². The van der Waals surface area contributed by atoms with Crippen LogP contribution in [0.3, 0.4) is 0 Å². The van der Waals surface area contributed by atoms with Crippen LogP contribution in [0.1, 0.15) is 65.6 Å². The van der Waals surface area contributed by atoms with E-state index in [2.05, 4.69) is 131 Å². The minimum atomic E-state index is -0.859. The van der Waals surface area contributed by atoms with Gasteiger partial charge in [-0.05, 0) is 113 Å². The Labute approximate surface area is 475 Å². The van der Waals surface area contributed by atoms with Gasteiger partial charge in [-0.25, -0.2) is 0 Å². The van der Waals surface area contributed by atoms with Crippen molar-refractivity contribution in [1.82, 2.24) is 0 Å². The Kier molecular flexibility index (Phi) is 16.4. The number of fused-ring (bicyclic) bond motifs is 6. The van der Waals surface area contributed by atoms with Gasteiger partial charge in [0.15, 0.2) is 11.2 Å². The minimum absolute atomic E-state index is 0.0161. The molecule has 0 bridgehead atoms. The van der Waals surface area contributed by atoms with Crippen LogP contribution < -0.4 is 33.5 Å². The molecule has 0 spiro atoms. The van der Waals surface area contributed by atoms with Gasteiger partial charge in [-0.2, -0.15) is 0 Å². The van der Waals surface area contributed by atoms with Gasteiger partial charge < -0.3 is 48.4 Å². The molecule has 2 saturated heterocycles. The number of nitrogens with zero attached hydrogens (tertiary/aromatic N) is 2. The highest BCUT2D eigenvalue weighted by Gasteiger charge is 2.40. The van der Waals surface area contributed by atoms with Crippen LogP contribution in [0.4, 0.5) is 11.4 Å². The lowest BCUT2D eigenvalue weighted by molar-refractivity contribution is 0.122. The number of rotatable bonds is 13. The standard InChI is InChI=1S/C38H35NO4.C31H29NO4.C2H6/c1-41-30-16-10-26(11-17-30)36-32-19-18-31(42-2)24-34(32)37-33(35(36)25-40)20-21-38(43-37,27-8-4-3-5-9-27)28-12-14-29(15-13-28)39-22-6-7-23-39;33-18-21-35-25-12-10-24(11-13-25)31(23-6-2-1-3-7-23)15-14-28-26-8-4-5-9-27(26)29(22-30(28)36-31)32-16-19-34-20-17-32;1-2/h3-5,8-21,24,40H,6-7,22-23,25H2,1-2H3;1-15,22,33H,16-21H2;1-2H3. The molecular formula is C71H70N2O8. The van der Waals surface area contributed by atoms with Crippen molar-refractivity contribution < 1.29 is 38.6 Å². The van der Waals surface area contributed by atoms with Crippen molar-refractivity contribution in [3.63, 3.8) is 0 Å². The summed E-state index contributed by atoms with van der Waals surface area (Å²) in [6, 6.07) is 62.2. The number of methoxy groups -OCH3 is 2. The highest BCUT2D eigenvalue weighted by Crippen LogP contribution is 2.51. The molecule has 2 N–H and O–H groups in total. The lowest BCUT2D eigenvalue weighted by Crippen LogP contribution is -2.37. The maximum atomic E-state index is 10.9. The third-order valence-corrected chi connectivity index (χ3v) is 15.8. The molecular weight excluding hydrogens is 1010 g/mol. The summed E-state index contributed by atoms with van der Waals surface area (Å²) < 4.78 is 36.6. The number of aliphatic hydroxyl groups is 2. The van der Waals surface area contributed by atoms with E-state index in [1.165, 1.54) is 35.0 Å². The first-order valence-electron chi connectivity index (χ1n) is 28.3. The molecule has 9 aromatic carbocycles. The lowest BCUT2D eigenvalue weighted by Gasteiger charge is -2.38. The maximum Gasteiger partial charge on any atom is 0.178 e. The molecule has 0 aliphatic carbocycles. The zero-order chi connectivity index (χ0) is 55.8. The zero-order valence-corrected chi connectivity index (χ0v) is 46.6. The molecule has 0 amide bonds. The van der Waals surface area contributed by atoms with Crippen LogP contribution in [-0.2, 0) is 22.5 Å². The molecule has 81 heavy (non-hydrogen) atoms. The minimum Gasteiger partial charge on any atom is -0.497 e. The fourth-order valence-electron chi connectivity index (χ4n) is 11.8. The summed E-state index contributed by atoms with van der Waals surface area (Å²) in [7, 11) is 3.34. The molecule has 412 valence electrons. The average Bonchev–Trinajstić information content (AvgIpc) is 4.26. The van der Waals surface area contributed by atoms with E-state index in [4.69, 9.17) is 33.5 Å². The van der Waals surface area contributed by atoms with Gasteiger partial charge in [0.25, 0.3) is 0 Å². The molecule has 0 radical (unpaired) electrons. The highest BCUT2D eigenvalue weighted by atomic mass is 16.5. The normalized spacial score (nSPS) is 17.9. The Hall–Kier alpha value is -8.54. The van der Waals surface area contributed by atoms with E-state index in [0.717, 1.165) is 129 Å². The Morgan fingerprint density at radius 1 is 0.506 bits per heavy atom. The molecule has 4 heterocycles. The van der Waals surface area contributed by atoms with Gasteiger partial charge in [-0.1, -0.05) is 141 Å². The van der Waals surface area contributed by atoms with Crippen molar-refractivity contribution in [3.05, 3.63) is 233 Å². The number of aliphatic hydroxyl groups excluding tert-OH is 2. The average molecular weight is 1080 g/mol. The maximum absolute atomic E-state index is 10.9. The van der Waals surface area contributed by atoms with Gasteiger partial charge in [0, 0.05) is 87.8 Å². The number of anilines is 2. The first-order chi connectivity index (χ1) is 39.9. The number of ether oxygens (including phenoxy) is 6. The lowest BCUT2D eigenvalue weighted by atomic mass is 9.81. The van der Waals surface area contributed by atoms with Crippen LogP contribution in [0.15, 0.2) is 194 Å². The molecule has 2 fully saturated rings. The fourth-order valence-corrected chi connectivity index (χ4v) is 11.8. The largest absolute Gasteiger partial charge is 0.497 e. The van der Waals surface area contributed by atoms with E-state index >= 15 is 0 Å². The molecule has 4 aliphatic rings. The Balaban J connectivity index is 0.000000168. The van der Waals surface area contributed by atoms with E-state index in [9.17, 15) is 5.11 Å². The zero-order valence-electron chi connectivity index (χ0n) is 46.6. The summed E-state index contributed by atoms with van der Waals surface area (Å²) in [5.74, 6) is 3.83. The van der Waals surface area contributed by atoms with Gasteiger partial charge in [0.2, 0.25) is 0 Å². The van der Waals surface area contributed by atoms with Gasteiger partial charge in [-0.3, -0.25) is 0 Å². The SMILES string of the molecule is CC.COc1ccc(-c2c(CO)c3c(c4cc(OC)ccc24)OC(c2ccccc2)(c2ccc(N4CCCC4)cc2)C=C3)cc1.OCCOc1ccc(C2(c3ccccc3)C=Cc3c(cc(N4CCOCC4)c4ccccc34)O2)cc1. The molecule has 2 unspecified atom stereocenters. The first kappa shape index (κ1) is 54.4. The first-order valence-corrected chi connectivity index (χ1v) is 28.3. The Bertz CT molecular complexity index is 3650. The van der Waals surface area contributed by atoms with Gasteiger partial charge in [0.05, 0.1) is 40.6 Å². The molecule has 9 aromatic rings. The predicted octanol–water partition coefficient (Wildman–Crippen LogP) is 14.4. The van der Waals surface area contributed by atoms with Crippen molar-refractivity contribution in [3.8, 4) is 39.9 Å². The quantitative estimate of drug-likeness (QED) is 0.116. The second-order valence-electron chi connectivity index (χ2n) is 20.3. The molecule has 4 aliphatic heterocycles. The fraction of sp³-hybridized carbons (Fsp3) is 0.239. The van der Waals surface area contributed by atoms with Crippen LogP contribution in [-0.4, -0.2) is 77.0 Å². The number of morpholine rings is 1. The topological polar surface area (TPSA) is 102 Å². The van der Waals surface area contributed by atoms with Crippen molar-refractivity contribution in [2.75, 3.05) is 76.6 Å². The van der Waals surface area contributed by atoms with Crippen LogP contribution in [0, 0.1) is 0 Å². The summed E-state index contributed by atoms with van der Waals surface area (Å²) >= 11 is 0. The van der Waals surface area contributed by atoms with E-state index in [0.29, 0.717) is 0 Å². The van der Waals surface area contributed by atoms with Crippen molar-refractivity contribution in [1.29, 1.82) is 0 Å². The predicted molar refractivity (Wildman–Crippen MR) is 327 cm³/mol. The second-order valence-corrected chi connectivity index (χ2v) is 20.3.